The zero-order chi connectivity index (χ0) is 21.4. The fourth-order valence-corrected chi connectivity index (χ4v) is 4.38. The van der Waals surface area contributed by atoms with Crippen molar-refractivity contribution in [2.24, 2.45) is 0 Å². The van der Waals surface area contributed by atoms with Gasteiger partial charge in [0.15, 0.2) is 0 Å². The molecule has 0 bridgehead atoms. The van der Waals surface area contributed by atoms with Gasteiger partial charge >= 0.3 is 0 Å². The number of H-pyrrole nitrogens is 1. The lowest BCUT2D eigenvalue weighted by atomic mass is 9.97. The number of rotatable bonds is 4. The molecule has 1 aliphatic rings. The van der Waals surface area contributed by atoms with Crippen molar-refractivity contribution in [1.29, 1.82) is 0 Å². The second-order valence-corrected chi connectivity index (χ2v) is 8.21. The number of amides is 1. The maximum absolute atomic E-state index is 14.1. The molecule has 9 heteroatoms. The first-order valence-electron chi connectivity index (χ1n) is 9.92. The van der Waals surface area contributed by atoms with Crippen molar-refractivity contribution in [2.45, 2.75) is 25.7 Å². The number of carbonyl (C=O) groups excluding carboxylic acids is 1. The number of anilines is 1. The molecule has 0 saturated heterocycles. The van der Waals surface area contributed by atoms with E-state index in [1.807, 2.05) is 17.5 Å². The Kier molecular flexibility index (Phi) is 4.95. The number of nitrogens with one attached hydrogen (secondary N) is 2. The number of nitrogens with zero attached hydrogens (tertiary/aromatic N) is 3. The van der Waals surface area contributed by atoms with Crippen molar-refractivity contribution < 1.29 is 9.18 Å². The maximum Gasteiger partial charge on any atom is 0.259 e. The molecule has 1 aromatic carbocycles. The van der Waals surface area contributed by atoms with Gasteiger partial charge in [0.1, 0.15) is 17.3 Å². The van der Waals surface area contributed by atoms with Crippen molar-refractivity contribution in [3.8, 4) is 16.5 Å². The van der Waals surface area contributed by atoms with Crippen LogP contribution in [0.5, 0.6) is 0 Å². The average Bonchev–Trinajstić information content (AvgIpc) is 3.44. The minimum absolute atomic E-state index is 0.0835. The summed E-state index contributed by atoms with van der Waals surface area (Å²) in [5, 5.41) is 9.20. The first kappa shape index (κ1) is 19.4. The lowest BCUT2D eigenvalue weighted by molar-refractivity contribution is 0.102. The fourth-order valence-electron chi connectivity index (χ4n) is 3.70. The fraction of sp³-hybridized carbons (Fsp3) is 0.182. The highest BCUT2D eigenvalue weighted by Crippen LogP contribution is 2.28. The Hall–Kier alpha value is -3.59. The molecular formula is C22H18FN5O2S. The number of thiophene rings is 1. The molecule has 0 saturated carbocycles. The van der Waals surface area contributed by atoms with Crippen molar-refractivity contribution in [1.82, 2.24) is 19.7 Å². The van der Waals surface area contributed by atoms with Gasteiger partial charge in [0.25, 0.3) is 11.5 Å². The van der Waals surface area contributed by atoms with Crippen LogP contribution in [0.1, 0.15) is 34.5 Å². The molecule has 0 fully saturated rings. The van der Waals surface area contributed by atoms with Crippen LogP contribution >= 0.6 is 11.3 Å². The summed E-state index contributed by atoms with van der Waals surface area (Å²) in [6.07, 6.45) is 3.36. The van der Waals surface area contributed by atoms with Crippen molar-refractivity contribution >= 4 is 23.1 Å². The summed E-state index contributed by atoms with van der Waals surface area (Å²) in [4.78, 5) is 33.6. The van der Waals surface area contributed by atoms with Gasteiger partial charge in [-0.3, -0.25) is 14.6 Å². The summed E-state index contributed by atoms with van der Waals surface area (Å²) < 4.78 is 15.5. The average molecular weight is 435 g/mol. The van der Waals surface area contributed by atoms with E-state index in [-0.39, 0.29) is 22.9 Å². The number of aromatic nitrogens is 4. The van der Waals surface area contributed by atoms with Crippen LogP contribution in [0.15, 0.2) is 52.6 Å². The number of benzene rings is 1. The molecule has 0 aliphatic heterocycles. The molecule has 3 heterocycles. The van der Waals surface area contributed by atoms with E-state index in [1.165, 1.54) is 34.2 Å². The second-order valence-electron chi connectivity index (χ2n) is 7.26. The number of hydrogen-bond donors (Lipinski definition) is 2. The highest BCUT2D eigenvalue weighted by molar-refractivity contribution is 7.13. The van der Waals surface area contributed by atoms with Gasteiger partial charge in [0.2, 0.25) is 5.95 Å². The Morgan fingerprint density at radius 2 is 2.00 bits per heavy atom. The third-order valence-electron chi connectivity index (χ3n) is 5.22. The van der Waals surface area contributed by atoms with E-state index >= 15 is 0 Å². The molecule has 7 nitrogen and oxygen atoms in total. The summed E-state index contributed by atoms with van der Waals surface area (Å²) in [6.45, 7) is 0. The Morgan fingerprint density at radius 1 is 1.16 bits per heavy atom. The van der Waals surface area contributed by atoms with Gasteiger partial charge < -0.3 is 5.32 Å². The predicted octanol–water partition coefficient (Wildman–Crippen LogP) is 3.95. The molecule has 4 aromatic rings. The Labute approximate surface area is 180 Å². The standard InChI is InChI=1S/C22H18FN5O2S/c23-15-8-3-1-6-13(15)20(29)25-19-12-17(18-10-5-11-31-18)27-28(19)22-24-16-9-4-2-7-14(16)21(30)26-22/h1,3,5-6,8,10-12H,2,4,7,9H2,(H,25,29)(H,24,26,30). The normalized spacial score (nSPS) is 13.1. The number of hydrogen-bond acceptors (Lipinski definition) is 5. The van der Waals surface area contributed by atoms with Crippen LogP contribution in [0.25, 0.3) is 16.5 Å². The van der Waals surface area contributed by atoms with Crippen LogP contribution in [0, 0.1) is 5.82 Å². The largest absolute Gasteiger partial charge is 0.306 e. The van der Waals surface area contributed by atoms with Crippen LogP contribution in [0.2, 0.25) is 0 Å². The van der Waals surface area contributed by atoms with E-state index in [1.54, 1.807) is 12.1 Å². The van der Waals surface area contributed by atoms with Gasteiger partial charge in [-0.25, -0.2) is 9.37 Å². The van der Waals surface area contributed by atoms with Crippen LogP contribution in [-0.2, 0) is 12.8 Å². The summed E-state index contributed by atoms with van der Waals surface area (Å²) >= 11 is 1.50. The van der Waals surface area contributed by atoms with Crippen molar-refractivity contribution in [2.75, 3.05) is 5.32 Å². The first-order chi connectivity index (χ1) is 15.1. The topological polar surface area (TPSA) is 92.7 Å². The zero-order valence-corrected chi connectivity index (χ0v) is 17.2. The van der Waals surface area contributed by atoms with Gasteiger partial charge in [0.05, 0.1) is 16.1 Å². The Bertz CT molecular complexity index is 1330. The predicted molar refractivity (Wildman–Crippen MR) is 116 cm³/mol. The minimum atomic E-state index is -0.621. The maximum atomic E-state index is 14.1. The molecule has 0 atom stereocenters. The molecule has 2 N–H and O–H groups in total. The number of aromatic amines is 1. The van der Waals surface area contributed by atoms with Crippen LogP contribution in [0.3, 0.4) is 0 Å². The van der Waals surface area contributed by atoms with E-state index in [4.69, 9.17) is 0 Å². The van der Waals surface area contributed by atoms with E-state index in [0.717, 1.165) is 29.8 Å². The number of halogens is 1. The van der Waals surface area contributed by atoms with Crippen molar-refractivity contribution in [3.63, 3.8) is 0 Å². The molecule has 5 rings (SSSR count). The zero-order valence-electron chi connectivity index (χ0n) is 16.4. The van der Waals surface area contributed by atoms with Gasteiger partial charge in [-0.2, -0.15) is 9.78 Å². The van der Waals surface area contributed by atoms with Crippen molar-refractivity contribution in [3.05, 3.63) is 80.8 Å². The summed E-state index contributed by atoms with van der Waals surface area (Å²) in [7, 11) is 0. The Morgan fingerprint density at radius 3 is 2.81 bits per heavy atom. The van der Waals surface area contributed by atoms with Crippen LogP contribution in [-0.4, -0.2) is 25.7 Å². The molecule has 156 valence electrons. The molecule has 31 heavy (non-hydrogen) atoms. The van der Waals surface area contributed by atoms with E-state index < -0.39 is 11.7 Å². The summed E-state index contributed by atoms with van der Waals surface area (Å²) in [5.41, 5.74) is 1.79. The lowest BCUT2D eigenvalue weighted by Gasteiger charge is -2.15. The smallest absolute Gasteiger partial charge is 0.259 e. The molecule has 1 aliphatic carbocycles. The van der Waals surface area contributed by atoms with E-state index in [9.17, 15) is 14.0 Å². The van der Waals surface area contributed by atoms with Gasteiger partial charge in [-0.05, 0) is 49.3 Å². The van der Waals surface area contributed by atoms with Crippen LogP contribution in [0.4, 0.5) is 10.2 Å². The van der Waals surface area contributed by atoms with E-state index in [2.05, 4.69) is 20.4 Å². The molecule has 0 radical (unpaired) electrons. The minimum Gasteiger partial charge on any atom is -0.306 e. The molecule has 0 unspecified atom stereocenters. The summed E-state index contributed by atoms with van der Waals surface area (Å²) in [6, 6.07) is 11.2. The van der Waals surface area contributed by atoms with Gasteiger partial charge in [-0.1, -0.05) is 18.2 Å². The summed E-state index contributed by atoms with van der Waals surface area (Å²) in [5.74, 6) is -0.727. The second kappa shape index (κ2) is 7.92. The highest BCUT2D eigenvalue weighted by Gasteiger charge is 2.21. The molecular weight excluding hydrogens is 417 g/mol. The third-order valence-corrected chi connectivity index (χ3v) is 6.12. The quantitative estimate of drug-likeness (QED) is 0.508. The highest BCUT2D eigenvalue weighted by atomic mass is 32.1. The lowest BCUT2D eigenvalue weighted by Crippen LogP contribution is -2.25. The number of carbonyl (C=O) groups is 1. The third kappa shape index (κ3) is 3.68. The first-order valence-corrected chi connectivity index (χ1v) is 10.8. The van der Waals surface area contributed by atoms with Gasteiger partial charge in [-0.15, -0.1) is 11.3 Å². The number of fused-ring (bicyclic) bond motifs is 1. The SMILES string of the molecule is O=C(Nc1cc(-c2cccs2)nn1-c1nc2c(c(=O)[nH]1)CCCC2)c1ccccc1F. The Balaban J connectivity index is 1.60. The number of aryl methyl sites for hydroxylation is 1. The van der Waals surface area contributed by atoms with Gasteiger partial charge in [0, 0.05) is 11.6 Å². The monoisotopic (exact) mass is 435 g/mol. The van der Waals surface area contributed by atoms with E-state index in [0.29, 0.717) is 17.7 Å². The molecule has 3 aromatic heterocycles. The molecule has 0 spiro atoms. The van der Waals surface area contributed by atoms with Crippen LogP contribution < -0.4 is 10.9 Å². The molecule has 1 amide bonds.